The lowest BCUT2D eigenvalue weighted by molar-refractivity contribution is -0.136. The van der Waals surface area contributed by atoms with Crippen LogP contribution in [0.15, 0.2) is 29.3 Å². The first kappa shape index (κ1) is 65.2. The number of amides is 9. The highest BCUT2D eigenvalue weighted by Gasteiger charge is 2.35. The van der Waals surface area contributed by atoms with Gasteiger partial charge in [0.2, 0.25) is 53.2 Å². The van der Waals surface area contributed by atoms with Gasteiger partial charge >= 0.3 is 0 Å². The Hall–Kier alpha value is -6.85. The maximum Gasteiger partial charge on any atom is 0.243 e. The van der Waals surface area contributed by atoms with Gasteiger partial charge in [-0.05, 0) is 93.6 Å². The predicted octanol–water partition coefficient (Wildman–Crippen LogP) is -0.757. The number of hydrogen-bond donors (Lipinski definition) is 14. The number of nitrogens with one attached hydrogen (secondary N) is 9. The molecule has 0 aromatic heterocycles. The van der Waals surface area contributed by atoms with E-state index in [1.807, 2.05) is 41.5 Å². The molecule has 19 N–H and O–H groups in total. The van der Waals surface area contributed by atoms with Gasteiger partial charge < -0.3 is 71.2 Å². The maximum absolute atomic E-state index is 14.3. The van der Waals surface area contributed by atoms with Crippen LogP contribution in [-0.4, -0.2) is 120 Å². The van der Waals surface area contributed by atoms with Crippen LogP contribution in [0.5, 0.6) is 0 Å². The zero-order valence-electron chi connectivity index (χ0n) is 44.9. The zero-order chi connectivity index (χ0) is 56.2. The topological polar surface area (TPSA) is 416 Å². The summed E-state index contributed by atoms with van der Waals surface area (Å²) in [5.41, 5.74) is 29.0. The highest BCUT2D eigenvalue weighted by molar-refractivity contribution is 5.98. The van der Waals surface area contributed by atoms with Crippen molar-refractivity contribution in [2.75, 3.05) is 13.1 Å². The Labute approximate surface area is 436 Å². The van der Waals surface area contributed by atoms with Crippen molar-refractivity contribution >= 4 is 65.0 Å². The molecule has 0 bridgehead atoms. The summed E-state index contributed by atoms with van der Waals surface area (Å²) in [4.78, 5) is 125. The molecule has 1 rings (SSSR count). The molecule has 0 radical (unpaired) electrons. The van der Waals surface area contributed by atoms with E-state index in [1.54, 1.807) is 38.1 Å². The Morgan fingerprint density at radius 1 is 0.527 bits per heavy atom. The number of unbranched alkanes of at least 4 members (excludes halogenated alkanes) is 1. The summed E-state index contributed by atoms with van der Waals surface area (Å²) in [5, 5.41) is 29.4. The van der Waals surface area contributed by atoms with E-state index in [1.165, 1.54) is 6.92 Å². The summed E-state index contributed by atoms with van der Waals surface area (Å²) in [6, 6.07) is -1.54. The molecule has 0 aliphatic rings. The number of guanidine groups is 1. The van der Waals surface area contributed by atoms with Crippen LogP contribution in [0.2, 0.25) is 0 Å². The molecular formula is C50H87N15O9. The fourth-order valence-electron chi connectivity index (χ4n) is 7.70. The largest absolute Gasteiger partial charge is 0.384 e. The number of nitrogen functional groups attached to an aromatic ring is 1. The smallest absolute Gasteiger partial charge is 0.243 e. The van der Waals surface area contributed by atoms with Crippen molar-refractivity contribution in [1.29, 1.82) is 5.41 Å². The summed E-state index contributed by atoms with van der Waals surface area (Å²) < 4.78 is 0. The molecule has 1 aromatic carbocycles. The molecular weight excluding hydrogens is 955 g/mol. The van der Waals surface area contributed by atoms with Gasteiger partial charge in [0.05, 0.1) is 0 Å². The molecule has 0 heterocycles. The summed E-state index contributed by atoms with van der Waals surface area (Å²) in [7, 11) is 0. The number of primary amides is 1. The molecule has 24 nitrogen and oxygen atoms in total. The van der Waals surface area contributed by atoms with Crippen LogP contribution >= 0.6 is 0 Å². The average Bonchev–Trinajstić information content (AvgIpc) is 3.30. The molecule has 24 heteroatoms. The molecule has 1 aromatic rings. The normalized spacial score (nSPS) is 14.0. The molecule has 0 saturated carbocycles. The number of nitrogens with zero attached hydrogens (tertiary/aromatic N) is 1. The molecule has 416 valence electrons. The zero-order valence-corrected chi connectivity index (χ0v) is 44.9. The SMILES string of the molecule is CC(=O)N[C@@H](CC(C)C)C(=O)N[C@@H](CCC(N)=O)C(=O)N[C@@H](CC(C)C)C(=O)N[C@@H](CC(C)C)C(=O)N[C@@H](CCCN=C(N)N)C(=O)N[C@H](C(=O)N[C@@H](CCCCN)C(=O)NCc1ccc(C(=N)N)cc1)C(C)C. The van der Waals surface area contributed by atoms with E-state index in [0.29, 0.717) is 24.9 Å². The van der Waals surface area contributed by atoms with Gasteiger partial charge in [0, 0.05) is 32.0 Å². The van der Waals surface area contributed by atoms with Crippen LogP contribution in [0.3, 0.4) is 0 Å². The Balaban J connectivity index is 3.48. The second-order valence-corrected chi connectivity index (χ2v) is 20.2. The third kappa shape index (κ3) is 26.2. The number of hydrogen-bond acceptors (Lipinski definition) is 12. The summed E-state index contributed by atoms with van der Waals surface area (Å²) in [5.74, 6) is -7.20. The number of carbonyl (C=O) groups excluding carboxylic acids is 9. The Bertz CT molecular complexity index is 2060. The van der Waals surface area contributed by atoms with Crippen molar-refractivity contribution in [3.63, 3.8) is 0 Å². The highest BCUT2D eigenvalue weighted by Crippen LogP contribution is 2.14. The third-order valence-electron chi connectivity index (χ3n) is 11.5. The monoisotopic (exact) mass is 1040 g/mol. The standard InChI is InChI=1S/C50H87N15O9/c1-27(2)23-37(59-31(9)66)46(71)61-36(19-20-40(52)67)44(69)63-39(25-29(5)6)48(73)64-38(24-28(3)4)47(72)60-35(14-12-22-57-50(55)56)45(70)65-41(30(7)8)49(74)62-34(13-10-11-21-51)43(68)58-26-32-15-17-33(18-16-32)42(53)54/h15-18,27-30,34-39,41H,10-14,19-26,51H2,1-9H3,(H2,52,67)(H3,53,54)(H,58,68)(H,59,66)(H,60,72)(H,61,71)(H,62,74)(H,63,69)(H,64,73)(H,65,70)(H4,55,56,57)/t34-,35-,36-,37-,38-,39-,41-/m0/s1. The molecule has 7 atom stereocenters. The Kier molecular flexibility index (Phi) is 29.8. The van der Waals surface area contributed by atoms with Gasteiger partial charge in [-0.3, -0.25) is 53.6 Å². The van der Waals surface area contributed by atoms with Crippen molar-refractivity contribution < 1.29 is 43.2 Å². The van der Waals surface area contributed by atoms with Gasteiger partial charge in [-0.1, -0.05) is 79.7 Å². The highest BCUT2D eigenvalue weighted by atomic mass is 16.2. The number of aliphatic imine (C=N–C) groups is 1. The lowest BCUT2D eigenvalue weighted by Gasteiger charge is -2.29. The number of rotatable bonds is 35. The van der Waals surface area contributed by atoms with Crippen LogP contribution in [0.4, 0.5) is 0 Å². The third-order valence-corrected chi connectivity index (χ3v) is 11.5. The first-order chi connectivity index (χ1) is 34.6. The Morgan fingerprint density at radius 2 is 0.946 bits per heavy atom. The van der Waals surface area contributed by atoms with E-state index in [2.05, 4.69) is 47.5 Å². The van der Waals surface area contributed by atoms with E-state index >= 15 is 0 Å². The van der Waals surface area contributed by atoms with E-state index in [0.717, 1.165) is 5.56 Å². The van der Waals surface area contributed by atoms with Crippen LogP contribution in [0.25, 0.3) is 0 Å². The van der Waals surface area contributed by atoms with E-state index in [-0.39, 0.29) is 94.0 Å². The van der Waals surface area contributed by atoms with Crippen LogP contribution in [0, 0.1) is 29.1 Å². The fraction of sp³-hybridized carbons (Fsp3) is 0.660. The van der Waals surface area contributed by atoms with Gasteiger partial charge in [0.1, 0.15) is 48.1 Å². The minimum Gasteiger partial charge on any atom is -0.384 e. The van der Waals surface area contributed by atoms with Gasteiger partial charge in [-0.15, -0.1) is 0 Å². The molecule has 9 amide bonds. The Morgan fingerprint density at radius 3 is 1.38 bits per heavy atom. The summed E-state index contributed by atoms with van der Waals surface area (Å²) in [6.45, 7) is 16.2. The van der Waals surface area contributed by atoms with Crippen LogP contribution in [-0.2, 0) is 49.7 Å². The van der Waals surface area contributed by atoms with Crippen LogP contribution < -0.4 is 71.2 Å². The van der Waals surface area contributed by atoms with E-state index < -0.39 is 101 Å². The number of nitrogens with two attached hydrogens (primary N) is 5. The van der Waals surface area contributed by atoms with Crippen molar-refractivity contribution in [3.05, 3.63) is 35.4 Å². The van der Waals surface area contributed by atoms with E-state index in [9.17, 15) is 43.2 Å². The number of benzene rings is 1. The lowest BCUT2D eigenvalue weighted by Crippen LogP contribution is -2.60. The molecule has 0 aliphatic heterocycles. The van der Waals surface area contributed by atoms with Crippen molar-refractivity contribution in [2.24, 2.45) is 57.3 Å². The second kappa shape index (κ2) is 33.8. The maximum atomic E-state index is 14.3. The number of amidine groups is 1. The molecule has 0 saturated heterocycles. The molecule has 0 aliphatic carbocycles. The second-order valence-electron chi connectivity index (χ2n) is 20.2. The van der Waals surface area contributed by atoms with Gasteiger partial charge in [-0.2, -0.15) is 0 Å². The van der Waals surface area contributed by atoms with Crippen molar-refractivity contribution in [2.45, 2.75) is 175 Å². The minimum atomic E-state index is -1.34. The predicted molar refractivity (Wildman–Crippen MR) is 283 cm³/mol. The summed E-state index contributed by atoms with van der Waals surface area (Å²) in [6.07, 6.45) is 1.47. The van der Waals surface area contributed by atoms with Gasteiger partial charge in [0.15, 0.2) is 5.96 Å². The minimum absolute atomic E-state index is 0.00888. The van der Waals surface area contributed by atoms with Gasteiger partial charge in [0.25, 0.3) is 0 Å². The van der Waals surface area contributed by atoms with Gasteiger partial charge in [-0.25, -0.2) is 0 Å². The molecule has 0 spiro atoms. The van der Waals surface area contributed by atoms with Crippen molar-refractivity contribution in [1.82, 2.24) is 42.5 Å². The fourth-order valence-corrected chi connectivity index (χ4v) is 7.70. The summed E-state index contributed by atoms with van der Waals surface area (Å²) >= 11 is 0. The first-order valence-electron chi connectivity index (χ1n) is 25.5. The molecule has 0 fully saturated rings. The molecule has 0 unspecified atom stereocenters. The molecule has 74 heavy (non-hydrogen) atoms. The van der Waals surface area contributed by atoms with Crippen LogP contribution in [0.1, 0.15) is 138 Å². The average molecular weight is 1040 g/mol. The van der Waals surface area contributed by atoms with Crippen molar-refractivity contribution in [3.8, 4) is 0 Å². The van der Waals surface area contributed by atoms with E-state index in [4.69, 9.17) is 34.1 Å². The number of carbonyl (C=O) groups is 9. The quantitative estimate of drug-likeness (QED) is 0.0226. The lowest BCUT2D eigenvalue weighted by atomic mass is 9.98. The first-order valence-corrected chi connectivity index (χ1v) is 25.5.